The predicted octanol–water partition coefficient (Wildman–Crippen LogP) is 3.31. The fourth-order valence-corrected chi connectivity index (χ4v) is 3.91. The summed E-state index contributed by atoms with van der Waals surface area (Å²) in [7, 11) is 0. The van der Waals surface area contributed by atoms with Gasteiger partial charge in [-0.2, -0.15) is 0 Å². The first kappa shape index (κ1) is 20.1. The second-order valence-corrected chi connectivity index (χ2v) is 9.38. The van der Waals surface area contributed by atoms with Crippen LogP contribution < -0.4 is 20.1 Å². The van der Waals surface area contributed by atoms with Crippen molar-refractivity contribution >= 4 is 22.3 Å². The van der Waals surface area contributed by atoms with Gasteiger partial charge in [-0.25, -0.2) is 4.98 Å². The van der Waals surface area contributed by atoms with Crippen molar-refractivity contribution in [1.82, 2.24) is 15.6 Å². The van der Waals surface area contributed by atoms with Crippen molar-refractivity contribution in [2.24, 2.45) is 5.41 Å². The number of pyridine rings is 1. The van der Waals surface area contributed by atoms with E-state index in [1.165, 1.54) is 0 Å². The third kappa shape index (κ3) is 3.97. The van der Waals surface area contributed by atoms with Crippen molar-refractivity contribution in [3.8, 4) is 17.4 Å². The molecule has 2 N–H and O–H groups in total. The van der Waals surface area contributed by atoms with E-state index >= 15 is 0 Å². The zero-order chi connectivity index (χ0) is 20.6. The van der Waals surface area contributed by atoms with Gasteiger partial charge in [0.15, 0.2) is 5.75 Å². The molecule has 1 aromatic heterocycles. The van der Waals surface area contributed by atoms with Crippen LogP contribution in [-0.4, -0.2) is 37.3 Å². The highest BCUT2D eigenvalue weighted by atomic mass is 79.9. The van der Waals surface area contributed by atoms with Gasteiger partial charge >= 0.3 is 0 Å². The summed E-state index contributed by atoms with van der Waals surface area (Å²) < 4.78 is 19.4. The minimum atomic E-state index is -0.853. The molecule has 2 atom stereocenters. The van der Waals surface area contributed by atoms with E-state index in [0.29, 0.717) is 43.5 Å². The Balaban J connectivity index is 1.80. The fraction of sp³-hybridized carbons (Fsp3) is 0.429. The Morgan fingerprint density at radius 1 is 1.34 bits per heavy atom. The third-order valence-corrected chi connectivity index (χ3v) is 5.32. The number of carbonyl (C=O) groups is 1. The van der Waals surface area contributed by atoms with Crippen LogP contribution in [0.5, 0.6) is 17.4 Å². The summed E-state index contributed by atoms with van der Waals surface area (Å²) in [5.74, 6) is 1.81. The van der Waals surface area contributed by atoms with Crippen LogP contribution in [0.15, 0.2) is 34.9 Å². The molecule has 1 unspecified atom stereocenters. The van der Waals surface area contributed by atoms with Crippen molar-refractivity contribution in [2.75, 3.05) is 19.7 Å². The smallest absolute Gasteiger partial charge is 0.213 e. The molecule has 2 aliphatic heterocycles. The molecule has 29 heavy (non-hydrogen) atoms. The molecule has 0 aliphatic carbocycles. The van der Waals surface area contributed by atoms with Gasteiger partial charge in [0, 0.05) is 34.8 Å². The van der Waals surface area contributed by atoms with Gasteiger partial charge in [0.25, 0.3) is 0 Å². The van der Waals surface area contributed by atoms with E-state index in [2.05, 4.69) is 52.3 Å². The maximum absolute atomic E-state index is 11.0. The van der Waals surface area contributed by atoms with Crippen LogP contribution in [0.3, 0.4) is 0 Å². The largest absolute Gasteiger partial charge is 0.477 e. The second kappa shape index (κ2) is 7.59. The third-order valence-electron chi connectivity index (χ3n) is 4.83. The molecule has 8 heteroatoms. The SMILES string of the molecule is CC(C)(C)COc1cc2c(cn1)Oc1ccc(Br)cc1C21CNC[C@@H](NC=O)O1. The number of morpholine rings is 1. The van der Waals surface area contributed by atoms with E-state index in [1.54, 1.807) is 6.20 Å². The average Bonchev–Trinajstić information content (AvgIpc) is 2.68. The van der Waals surface area contributed by atoms with Crippen LogP contribution in [0.2, 0.25) is 0 Å². The first-order valence-corrected chi connectivity index (χ1v) is 10.3. The van der Waals surface area contributed by atoms with Crippen molar-refractivity contribution < 1.29 is 19.0 Å². The van der Waals surface area contributed by atoms with Gasteiger partial charge < -0.3 is 24.8 Å². The van der Waals surface area contributed by atoms with E-state index in [1.807, 2.05) is 24.3 Å². The summed E-state index contributed by atoms with van der Waals surface area (Å²) in [6, 6.07) is 7.67. The normalized spacial score (nSPS) is 23.0. The molecular formula is C21H24BrN3O4. The molecule has 0 bridgehead atoms. The molecule has 3 heterocycles. The molecule has 0 saturated carbocycles. The number of halogens is 1. The first-order chi connectivity index (χ1) is 13.8. The van der Waals surface area contributed by atoms with Gasteiger partial charge in [-0.1, -0.05) is 36.7 Å². The minimum absolute atomic E-state index is 0.00506. The number of hydrogen-bond acceptors (Lipinski definition) is 6. The summed E-state index contributed by atoms with van der Waals surface area (Å²) in [4.78, 5) is 15.5. The zero-order valence-corrected chi connectivity index (χ0v) is 18.2. The monoisotopic (exact) mass is 461 g/mol. The molecule has 1 spiro atoms. The van der Waals surface area contributed by atoms with Gasteiger partial charge in [0.2, 0.25) is 12.3 Å². The Kier molecular flexibility index (Phi) is 5.27. The highest BCUT2D eigenvalue weighted by molar-refractivity contribution is 9.10. The fourth-order valence-electron chi connectivity index (χ4n) is 3.55. The lowest BCUT2D eigenvalue weighted by molar-refractivity contribution is -0.130. The van der Waals surface area contributed by atoms with Crippen molar-refractivity contribution in [1.29, 1.82) is 0 Å². The van der Waals surface area contributed by atoms with Crippen LogP contribution in [-0.2, 0) is 15.1 Å². The number of fused-ring (bicyclic) bond motifs is 4. The number of nitrogens with one attached hydrogen (secondary N) is 2. The Bertz CT molecular complexity index is 931. The van der Waals surface area contributed by atoms with Crippen LogP contribution in [0, 0.1) is 5.41 Å². The molecule has 1 aromatic carbocycles. The number of carbonyl (C=O) groups excluding carboxylic acids is 1. The van der Waals surface area contributed by atoms with Crippen molar-refractivity contribution in [3.63, 3.8) is 0 Å². The number of hydrogen-bond donors (Lipinski definition) is 2. The maximum Gasteiger partial charge on any atom is 0.213 e. The molecule has 2 aromatic rings. The summed E-state index contributed by atoms with van der Waals surface area (Å²) in [6.07, 6.45) is 1.84. The van der Waals surface area contributed by atoms with E-state index in [0.717, 1.165) is 15.6 Å². The molecular weight excluding hydrogens is 438 g/mol. The standard InChI is InChI=1S/C21H24BrN3O4/c1-20(2,3)11-27-18-7-15-17(8-24-18)28-16-5-4-13(22)6-14(16)21(15)10-23-9-19(29-21)25-12-26/h4-8,12,19,23H,9-11H2,1-3H3,(H,25,26)/t19-,21?/m0/s1. The van der Waals surface area contributed by atoms with Crippen LogP contribution in [0.4, 0.5) is 0 Å². The lowest BCUT2D eigenvalue weighted by Gasteiger charge is -2.45. The molecule has 7 nitrogen and oxygen atoms in total. The predicted molar refractivity (Wildman–Crippen MR) is 111 cm³/mol. The molecule has 154 valence electrons. The van der Waals surface area contributed by atoms with Crippen molar-refractivity contribution in [3.05, 3.63) is 46.1 Å². The minimum Gasteiger partial charge on any atom is -0.477 e. The highest BCUT2D eigenvalue weighted by Crippen LogP contribution is 2.50. The summed E-state index contributed by atoms with van der Waals surface area (Å²) in [5.41, 5.74) is 0.837. The number of ether oxygens (including phenoxy) is 3. The van der Waals surface area contributed by atoms with E-state index in [-0.39, 0.29) is 5.41 Å². The highest BCUT2D eigenvalue weighted by Gasteiger charge is 2.47. The van der Waals surface area contributed by atoms with Gasteiger partial charge in [-0.15, -0.1) is 0 Å². The second-order valence-electron chi connectivity index (χ2n) is 8.46. The van der Waals surface area contributed by atoms with E-state index < -0.39 is 11.8 Å². The summed E-state index contributed by atoms with van der Waals surface area (Å²) in [6.45, 7) is 7.88. The first-order valence-electron chi connectivity index (χ1n) is 9.50. The molecule has 2 aliphatic rings. The number of aromatic nitrogens is 1. The average molecular weight is 462 g/mol. The lowest BCUT2D eigenvalue weighted by atomic mass is 9.82. The Labute approximate surface area is 178 Å². The van der Waals surface area contributed by atoms with E-state index in [4.69, 9.17) is 14.2 Å². The molecule has 0 radical (unpaired) electrons. The number of amides is 1. The lowest BCUT2D eigenvalue weighted by Crippen LogP contribution is -2.57. The molecule has 1 fully saturated rings. The molecule has 1 saturated heterocycles. The maximum atomic E-state index is 11.0. The Hall–Kier alpha value is -2.16. The summed E-state index contributed by atoms with van der Waals surface area (Å²) in [5, 5.41) is 6.11. The quantitative estimate of drug-likeness (QED) is 0.679. The van der Waals surface area contributed by atoms with Crippen molar-refractivity contribution in [2.45, 2.75) is 32.6 Å². The van der Waals surface area contributed by atoms with Crippen LogP contribution in [0.25, 0.3) is 0 Å². The van der Waals surface area contributed by atoms with Gasteiger partial charge in [-0.05, 0) is 23.6 Å². The topological polar surface area (TPSA) is 81.7 Å². The summed E-state index contributed by atoms with van der Waals surface area (Å²) >= 11 is 3.55. The number of rotatable bonds is 4. The van der Waals surface area contributed by atoms with Crippen LogP contribution >= 0.6 is 15.9 Å². The number of nitrogens with zero attached hydrogens (tertiary/aromatic N) is 1. The molecule has 4 rings (SSSR count). The molecule has 1 amide bonds. The van der Waals surface area contributed by atoms with Gasteiger partial charge in [0.05, 0.1) is 12.8 Å². The number of benzene rings is 1. The van der Waals surface area contributed by atoms with Crippen LogP contribution in [0.1, 0.15) is 31.9 Å². The van der Waals surface area contributed by atoms with E-state index in [9.17, 15) is 4.79 Å². The Morgan fingerprint density at radius 2 is 2.14 bits per heavy atom. The van der Waals surface area contributed by atoms with Gasteiger partial charge in [-0.3, -0.25) is 4.79 Å². The van der Waals surface area contributed by atoms with Gasteiger partial charge in [0.1, 0.15) is 17.6 Å². The zero-order valence-electron chi connectivity index (χ0n) is 16.6. The Morgan fingerprint density at radius 3 is 2.90 bits per heavy atom.